The van der Waals surface area contributed by atoms with E-state index >= 15 is 0 Å². The number of rotatable bonds is 4. The molecule has 1 N–H and O–H groups in total. The van der Waals surface area contributed by atoms with Gasteiger partial charge in [-0.25, -0.2) is 0 Å². The molecule has 2 aromatic rings. The molecule has 1 aliphatic heterocycles. The van der Waals surface area contributed by atoms with Crippen LogP contribution in [0.2, 0.25) is 0 Å². The van der Waals surface area contributed by atoms with E-state index in [1.54, 1.807) is 4.90 Å². The van der Waals surface area contributed by atoms with Crippen molar-refractivity contribution in [3.63, 3.8) is 0 Å². The normalized spacial score (nSPS) is 13.2. The van der Waals surface area contributed by atoms with E-state index in [2.05, 4.69) is 15.9 Å². The summed E-state index contributed by atoms with van der Waals surface area (Å²) in [6.45, 7) is 0.427. The summed E-state index contributed by atoms with van der Waals surface area (Å²) in [5.41, 5.74) is 1.56. The van der Waals surface area contributed by atoms with Gasteiger partial charge in [-0.05, 0) is 30.0 Å². The largest absolute Gasteiger partial charge is 0.481 e. The topological polar surface area (TPSA) is 57.6 Å². The van der Waals surface area contributed by atoms with Crippen molar-refractivity contribution in [2.75, 3.05) is 11.4 Å². The quantitative estimate of drug-likeness (QED) is 0.932. The number of anilines is 1. The van der Waals surface area contributed by atoms with Crippen molar-refractivity contribution in [2.24, 2.45) is 0 Å². The van der Waals surface area contributed by atoms with Crippen LogP contribution in [0.25, 0.3) is 10.8 Å². The highest BCUT2D eigenvalue weighted by Crippen LogP contribution is 2.40. The van der Waals surface area contributed by atoms with Gasteiger partial charge in [0, 0.05) is 28.4 Å². The first-order chi connectivity index (χ1) is 9.59. The molecular formula is C15H12BrNO3. The van der Waals surface area contributed by atoms with Crippen LogP contribution in [0.3, 0.4) is 0 Å². The lowest BCUT2D eigenvalue weighted by molar-refractivity contribution is -0.137. The van der Waals surface area contributed by atoms with Crippen LogP contribution in [0.1, 0.15) is 23.2 Å². The summed E-state index contributed by atoms with van der Waals surface area (Å²) in [6.07, 6.45) is 0.520. The van der Waals surface area contributed by atoms with Crippen LogP contribution < -0.4 is 4.90 Å². The first-order valence-electron chi connectivity index (χ1n) is 6.34. The molecule has 0 aromatic heterocycles. The zero-order valence-corrected chi connectivity index (χ0v) is 12.2. The molecule has 3 rings (SSSR count). The van der Waals surface area contributed by atoms with E-state index in [0.717, 1.165) is 20.9 Å². The third-order valence-corrected chi connectivity index (χ3v) is 4.20. The molecule has 5 heteroatoms. The number of hydrogen-bond acceptors (Lipinski definition) is 2. The summed E-state index contributed by atoms with van der Waals surface area (Å²) in [7, 11) is 0. The molecular weight excluding hydrogens is 322 g/mol. The molecule has 0 saturated heterocycles. The van der Waals surface area contributed by atoms with Crippen LogP contribution in [-0.2, 0) is 4.79 Å². The fourth-order valence-corrected chi connectivity index (χ4v) is 3.08. The molecule has 0 spiro atoms. The van der Waals surface area contributed by atoms with Gasteiger partial charge in [0.25, 0.3) is 5.91 Å². The number of halogens is 1. The summed E-state index contributed by atoms with van der Waals surface area (Å²) in [5, 5.41) is 10.7. The smallest absolute Gasteiger partial charge is 0.303 e. The predicted molar refractivity (Wildman–Crippen MR) is 80.2 cm³/mol. The maximum Gasteiger partial charge on any atom is 0.303 e. The van der Waals surface area contributed by atoms with E-state index in [0.29, 0.717) is 18.5 Å². The summed E-state index contributed by atoms with van der Waals surface area (Å²) >= 11 is 3.50. The Morgan fingerprint density at radius 1 is 1.25 bits per heavy atom. The molecule has 0 aliphatic carbocycles. The van der Waals surface area contributed by atoms with Crippen molar-refractivity contribution >= 4 is 44.3 Å². The molecule has 0 unspecified atom stereocenters. The Morgan fingerprint density at radius 2 is 2.05 bits per heavy atom. The molecule has 2 aromatic carbocycles. The monoisotopic (exact) mass is 333 g/mol. The Hall–Kier alpha value is -1.88. The van der Waals surface area contributed by atoms with Gasteiger partial charge < -0.3 is 10.0 Å². The number of carbonyl (C=O) groups excluding carboxylic acids is 1. The third kappa shape index (κ3) is 1.98. The van der Waals surface area contributed by atoms with Gasteiger partial charge >= 0.3 is 5.97 Å². The van der Waals surface area contributed by atoms with Gasteiger partial charge in [-0.1, -0.05) is 28.1 Å². The lowest BCUT2D eigenvalue weighted by Gasteiger charge is -2.16. The zero-order chi connectivity index (χ0) is 14.3. The molecule has 1 aliphatic rings. The van der Waals surface area contributed by atoms with E-state index < -0.39 is 5.97 Å². The minimum Gasteiger partial charge on any atom is -0.481 e. The van der Waals surface area contributed by atoms with Crippen LogP contribution in [0, 0.1) is 0 Å². The fraction of sp³-hybridized carbons (Fsp3) is 0.200. The third-order valence-electron chi connectivity index (χ3n) is 3.50. The van der Waals surface area contributed by atoms with Crippen molar-refractivity contribution < 1.29 is 14.7 Å². The molecule has 1 amide bonds. The molecule has 0 fully saturated rings. The highest BCUT2D eigenvalue weighted by atomic mass is 79.9. The maximum absolute atomic E-state index is 12.4. The standard InChI is InChI=1S/C15H12BrNO3/c16-11-7-6-10-14-9(11)3-1-4-12(14)17(15(10)20)8-2-5-13(18)19/h1,3-4,6-7H,2,5,8H2,(H,18,19). The number of hydrogen-bond donors (Lipinski definition) is 1. The number of carbonyl (C=O) groups is 2. The van der Waals surface area contributed by atoms with Gasteiger partial charge in [0.1, 0.15) is 0 Å². The van der Waals surface area contributed by atoms with E-state index in [4.69, 9.17) is 5.11 Å². The summed E-state index contributed by atoms with van der Waals surface area (Å²) < 4.78 is 0.957. The number of benzene rings is 2. The Balaban J connectivity index is 2.01. The molecule has 0 bridgehead atoms. The fourth-order valence-electron chi connectivity index (χ4n) is 2.62. The molecule has 0 atom stereocenters. The molecule has 20 heavy (non-hydrogen) atoms. The van der Waals surface area contributed by atoms with Gasteiger partial charge in [-0.15, -0.1) is 0 Å². The molecule has 0 saturated carbocycles. The SMILES string of the molecule is O=C(O)CCCN1C(=O)c2ccc(Br)c3cccc1c23. The average molecular weight is 334 g/mol. The summed E-state index contributed by atoms with van der Waals surface area (Å²) in [5.74, 6) is -0.885. The maximum atomic E-state index is 12.4. The van der Waals surface area contributed by atoms with Crippen molar-refractivity contribution in [1.29, 1.82) is 0 Å². The summed E-state index contributed by atoms with van der Waals surface area (Å²) in [4.78, 5) is 24.7. The predicted octanol–water partition coefficient (Wildman–Crippen LogP) is 3.43. The van der Waals surface area contributed by atoms with Gasteiger partial charge in [0.05, 0.1) is 5.69 Å². The zero-order valence-electron chi connectivity index (χ0n) is 10.6. The lowest BCUT2D eigenvalue weighted by atomic mass is 10.1. The summed E-state index contributed by atoms with van der Waals surface area (Å²) in [6, 6.07) is 9.48. The minimum atomic E-state index is -0.838. The number of aliphatic carboxylic acids is 1. The van der Waals surface area contributed by atoms with Crippen LogP contribution in [0.15, 0.2) is 34.8 Å². The van der Waals surface area contributed by atoms with Crippen molar-refractivity contribution in [3.05, 3.63) is 40.4 Å². The van der Waals surface area contributed by atoms with Crippen LogP contribution in [-0.4, -0.2) is 23.5 Å². The molecule has 102 valence electrons. The Morgan fingerprint density at radius 3 is 2.80 bits per heavy atom. The average Bonchev–Trinajstić information content (AvgIpc) is 2.69. The lowest BCUT2D eigenvalue weighted by Crippen LogP contribution is -2.28. The molecule has 1 heterocycles. The number of carboxylic acids is 1. The Bertz CT molecular complexity index is 726. The Labute approximate surface area is 124 Å². The first kappa shape index (κ1) is 13.1. The van der Waals surface area contributed by atoms with Gasteiger partial charge in [-0.3, -0.25) is 9.59 Å². The van der Waals surface area contributed by atoms with Gasteiger partial charge in [0.2, 0.25) is 0 Å². The second-order valence-corrected chi connectivity index (χ2v) is 5.60. The van der Waals surface area contributed by atoms with Crippen molar-refractivity contribution in [3.8, 4) is 0 Å². The molecule has 0 radical (unpaired) electrons. The van der Waals surface area contributed by atoms with Gasteiger partial charge in [-0.2, -0.15) is 0 Å². The second kappa shape index (κ2) is 4.90. The Kier molecular flexibility index (Phi) is 3.22. The number of nitrogens with zero attached hydrogens (tertiary/aromatic N) is 1. The highest BCUT2D eigenvalue weighted by molar-refractivity contribution is 9.10. The molecule has 4 nitrogen and oxygen atoms in total. The van der Waals surface area contributed by atoms with E-state index in [9.17, 15) is 9.59 Å². The number of carboxylic acid groups (broad SMARTS) is 1. The van der Waals surface area contributed by atoms with Crippen molar-refractivity contribution in [2.45, 2.75) is 12.8 Å². The van der Waals surface area contributed by atoms with E-state index in [1.165, 1.54) is 0 Å². The van der Waals surface area contributed by atoms with Crippen LogP contribution >= 0.6 is 15.9 Å². The van der Waals surface area contributed by atoms with Crippen molar-refractivity contribution in [1.82, 2.24) is 0 Å². The number of amides is 1. The van der Waals surface area contributed by atoms with E-state index in [1.807, 2.05) is 30.3 Å². The second-order valence-electron chi connectivity index (χ2n) is 4.75. The minimum absolute atomic E-state index is 0.0471. The first-order valence-corrected chi connectivity index (χ1v) is 7.14. The van der Waals surface area contributed by atoms with Crippen LogP contribution in [0.5, 0.6) is 0 Å². The highest BCUT2D eigenvalue weighted by Gasteiger charge is 2.29. The van der Waals surface area contributed by atoms with Crippen LogP contribution in [0.4, 0.5) is 5.69 Å². The van der Waals surface area contributed by atoms with E-state index in [-0.39, 0.29) is 12.3 Å². The van der Waals surface area contributed by atoms with Gasteiger partial charge in [0.15, 0.2) is 0 Å².